The molecule has 2 aliphatic rings. The lowest BCUT2D eigenvalue weighted by molar-refractivity contribution is -0.137. The maximum atomic E-state index is 12.4. The second-order valence-electron chi connectivity index (χ2n) is 7.15. The first-order chi connectivity index (χ1) is 10.6. The Labute approximate surface area is 135 Å². The van der Waals surface area contributed by atoms with Crippen LogP contribution in [0.3, 0.4) is 0 Å². The second kappa shape index (κ2) is 8.54. The van der Waals surface area contributed by atoms with Crippen LogP contribution in [0.2, 0.25) is 0 Å². The van der Waals surface area contributed by atoms with Gasteiger partial charge in [-0.25, -0.2) is 0 Å². The Morgan fingerprint density at radius 2 is 1.59 bits per heavy atom. The van der Waals surface area contributed by atoms with E-state index in [2.05, 4.69) is 12.2 Å². The zero-order chi connectivity index (χ0) is 15.9. The lowest BCUT2D eigenvalue weighted by Gasteiger charge is -2.30. The number of hydrogen-bond acceptors (Lipinski definition) is 2. The summed E-state index contributed by atoms with van der Waals surface area (Å²) in [6.07, 6.45) is 10.5. The molecule has 0 spiro atoms. The van der Waals surface area contributed by atoms with E-state index in [9.17, 15) is 9.59 Å². The second-order valence-corrected chi connectivity index (χ2v) is 7.15. The maximum absolute atomic E-state index is 12.4. The number of nitrogens with one attached hydrogen (secondary N) is 1. The van der Waals surface area contributed by atoms with Crippen molar-refractivity contribution in [2.24, 2.45) is 11.8 Å². The van der Waals surface area contributed by atoms with Gasteiger partial charge < -0.3 is 10.2 Å². The first kappa shape index (κ1) is 17.3. The van der Waals surface area contributed by atoms with Crippen molar-refractivity contribution in [3.8, 4) is 0 Å². The highest BCUT2D eigenvalue weighted by atomic mass is 16.2. The topological polar surface area (TPSA) is 49.4 Å². The van der Waals surface area contributed by atoms with E-state index >= 15 is 0 Å². The van der Waals surface area contributed by atoms with E-state index in [1.165, 1.54) is 12.8 Å². The van der Waals surface area contributed by atoms with Gasteiger partial charge in [-0.3, -0.25) is 9.59 Å². The van der Waals surface area contributed by atoms with Gasteiger partial charge in [-0.1, -0.05) is 26.2 Å². The van der Waals surface area contributed by atoms with E-state index in [4.69, 9.17) is 0 Å². The molecular weight excluding hydrogens is 276 g/mol. The number of unbranched alkanes of at least 4 members (excludes halogenated alkanes) is 1. The van der Waals surface area contributed by atoms with Crippen molar-refractivity contribution in [2.75, 3.05) is 13.6 Å². The van der Waals surface area contributed by atoms with Gasteiger partial charge in [-0.05, 0) is 44.9 Å². The fraction of sp³-hybridized carbons (Fsp3) is 0.889. The van der Waals surface area contributed by atoms with Crippen LogP contribution >= 0.6 is 0 Å². The zero-order valence-electron chi connectivity index (χ0n) is 14.3. The molecule has 22 heavy (non-hydrogen) atoms. The number of hydrogen-bond donors (Lipinski definition) is 1. The summed E-state index contributed by atoms with van der Waals surface area (Å²) in [7, 11) is 1.91. The minimum atomic E-state index is 0.130. The summed E-state index contributed by atoms with van der Waals surface area (Å²) >= 11 is 0. The molecule has 4 nitrogen and oxygen atoms in total. The summed E-state index contributed by atoms with van der Waals surface area (Å²) in [5, 5.41) is 3.21. The fourth-order valence-corrected chi connectivity index (χ4v) is 3.81. The summed E-state index contributed by atoms with van der Waals surface area (Å²) in [5.74, 6) is 0.781. The summed E-state index contributed by atoms with van der Waals surface area (Å²) in [5.41, 5.74) is 0. The Kier molecular flexibility index (Phi) is 6.71. The molecule has 2 fully saturated rings. The van der Waals surface area contributed by atoms with Crippen molar-refractivity contribution in [1.82, 2.24) is 10.2 Å². The van der Waals surface area contributed by atoms with Crippen LogP contribution in [0.15, 0.2) is 0 Å². The lowest BCUT2D eigenvalue weighted by Crippen LogP contribution is -2.41. The van der Waals surface area contributed by atoms with Crippen molar-refractivity contribution in [3.63, 3.8) is 0 Å². The number of rotatable bonds is 6. The van der Waals surface area contributed by atoms with E-state index in [0.717, 1.165) is 57.9 Å². The first-order valence-electron chi connectivity index (χ1n) is 9.17. The molecule has 0 aromatic carbocycles. The normalized spacial score (nSPS) is 25.9. The van der Waals surface area contributed by atoms with E-state index in [-0.39, 0.29) is 23.7 Å². The van der Waals surface area contributed by atoms with Gasteiger partial charge in [0.25, 0.3) is 0 Å². The van der Waals surface area contributed by atoms with E-state index in [1.54, 1.807) is 0 Å². The Morgan fingerprint density at radius 1 is 1.00 bits per heavy atom. The molecule has 0 atom stereocenters. The van der Waals surface area contributed by atoms with Gasteiger partial charge in [0.1, 0.15) is 0 Å². The smallest absolute Gasteiger partial charge is 0.225 e. The van der Waals surface area contributed by atoms with Gasteiger partial charge >= 0.3 is 0 Å². The molecule has 126 valence electrons. The Bertz CT molecular complexity index is 369. The summed E-state index contributed by atoms with van der Waals surface area (Å²) in [6.45, 7) is 3.00. The molecule has 0 radical (unpaired) electrons. The van der Waals surface area contributed by atoms with Crippen LogP contribution in [-0.2, 0) is 9.59 Å². The van der Waals surface area contributed by atoms with Crippen LogP contribution < -0.4 is 5.32 Å². The SMILES string of the molecule is CCCCN(C)C(=O)C1CCC(C(=O)NC2CCCC2)CC1. The zero-order valence-corrected chi connectivity index (χ0v) is 14.3. The van der Waals surface area contributed by atoms with Crippen LogP contribution in [-0.4, -0.2) is 36.3 Å². The van der Waals surface area contributed by atoms with E-state index < -0.39 is 0 Å². The molecule has 2 saturated carbocycles. The highest BCUT2D eigenvalue weighted by Gasteiger charge is 2.32. The summed E-state index contributed by atoms with van der Waals surface area (Å²) in [4.78, 5) is 26.6. The minimum Gasteiger partial charge on any atom is -0.353 e. The molecular formula is C18H32N2O2. The van der Waals surface area contributed by atoms with Crippen molar-refractivity contribution >= 4 is 11.8 Å². The molecule has 4 heteroatoms. The third-order valence-electron chi connectivity index (χ3n) is 5.37. The molecule has 0 saturated heterocycles. The highest BCUT2D eigenvalue weighted by molar-refractivity contribution is 5.81. The van der Waals surface area contributed by atoms with E-state index in [0.29, 0.717) is 6.04 Å². The highest BCUT2D eigenvalue weighted by Crippen LogP contribution is 2.30. The van der Waals surface area contributed by atoms with E-state index in [1.807, 2.05) is 11.9 Å². The lowest BCUT2D eigenvalue weighted by atomic mass is 9.81. The van der Waals surface area contributed by atoms with Crippen LogP contribution in [0.1, 0.15) is 71.1 Å². The molecule has 0 aromatic heterocycles. The molecule has 2 aliphatic carbocycles. The van der Waals surface area contributed by atoms with Crippen molar-refractivity contribution < 1.29 is 9.59 Å². The largest absolute Gasteiger partial charge is 0.353 e. The average molecular weight is 308 g/mol. The average Bonchev–Trinajstić information content (AvgIpc) is 3.05. The van der Waals surface area contributed by atoms with Gasteiger partial charge in [0.05, 0.1) is 0 Å². The summed E-state index contributed by atoms with van der Waals surface area (Å²) < 4.78 is 0. The van der Waals surface area contributed by atoms with Crippen molar-refractivity contribution in [2.45, 2.75) is 77.2 Å². The quantitative estimate of drug-likeness (QED) is 0.819. The number of amides is 2. The molecule has 0 heterocycles. The van der Waals surface area contributed by atoms with Crippen LogP contribution in [0.4, 0.5) is 0 Å². The molecule has 0 unspecified atom stereocenters. The molecule has 2 rings (SSSR count). The number of nitrogens with zero attached hydrogens (tertiary/aromatic N) is 1. The number of carbonyl (C=O) groups is 2. The van der Waals surface area contributed by atoms with Gasteiger partial charge in [0.2, 0.25) is 11.8 Å². The third kappa shape index (κ3) is 4.72. The van der Waals surface area contributed by atoms with Crippen molar-refractivity contribution in [1.29, 1.82) is 0 Å². The molecule has 2 amide bonds. The molecule has 1 N–H and O–H groups in total. The Morgan fingerprint density at radius 3 is 2.18 bits per heavy atom. The third-order valence-corrected chi connectivity index (χ3v) is 5.37. The van der Waals surface area contributed by atoms with Crippen LogP contribution in [0.25, 0.3) is 0 Å². The minimum absolute atomic E-state index is 0.130. The standard InChI is InChI=1S/C18H32N2O2/c1-3-4-13-20(2)18(22)15-11-9-14(10-12-15)17(21)19-16-7-5-6-8-16/h14-16H,3-13H2,1-2H3,(H,19,21). The molecule has 0 aliphatic heterocycles. The van der Waals surface area contributed by atoms with Crippen LogP contribution in [0, 0.1) is 11.8 Å². The monoisotopic (exact) mass is 308 g/mol. The van der Waals surface area contributed by atoms with Crippen LogP contribution in [0.5, 0.6) is 0 Å². The predicted octanol–water partition coefficient (Wildman–Crippen LogP) is 3.11. The fourth-order valence-electron chi connectivity index (χ4n) is 3.81. The van der Waals surface area contributed by atoms with Gasteiger partial charge in [-0.15, -0.1) is 0 Å². The maximum Gasteiger partial charge on any atom is 0.225 e. The Balaban J connectivity index is 1.72. The van der Waals surface area contributed by atoms with Gasteiger partial charge in [-0.2, -0.15) is 0 Å². The Hall–Kier alpha value is -1.06. The first-order valence-corrected chi connectivity index (χ1v) is 9.17. The summed E-state index contributed by atoms with van der Waals surface area (Å²) in [6, 6.07) is 0.409. The number of carbonyl (C=O) groups excluding carboxylic acids is 2. The predicted molar refractivity (Wildman–Crippen MR) is 88.4 cm³/mol. The molecule has 0 bridgehead atoms. The van der Waals surface area contributed by atoms with Gasteiger partial charge in [0, 0.05) is 31.5 Å². The van der Waals surface area contributed by atoms with Crippen molar-refractivity contribution in [3.05, 3.63) is 0 Å². The van der Waals surface area contributed by atoms with Gasteiger partial charge in [0.15, 0.2) is 0 Å². The molecule has 0 aromatic rings.